The lowest BCUT2D eigenvalue weighted by Gasteiger charge is -2.29. The highest BCUT2D eigenvalue weighted by molar-refractivity contribution is 5.81. The van der Waals surface area contributed by atoms with Crippen molar-refractivity contribution in [1.82, 2.24) is 5.32 Å². The first-order chi connectivity index (χ1) is 10.4. The molecule has 4 N–H and O–H groups in total. The molecule has 2 atom stereocenters. The van der Waals surface area contributed by atoms with Crippen molar-refractivity contribution < 1.29 is 14.7 Å². The average molecular weight is 312 g/mol. The second-order valence-corrected chi connectivity index (χ2v) is 6.72. The molecular formula is C17H32N2O3. The molecule has 1 saturated carbocycles. The van der Waals surface area contributed by atoms with E-state index in [0.717, 1.165) is 44.9 Å². The van der Waals surface area contributed by atoms with E-state index in [1.54, 1.807) is 0 Å². The van der Waals surface area contributed by atoms with E-state index in [0.29, 0.717) is 12.8 Å². The van der Waals surface area contributed by atoms with Gasteiger partial charge in [-0.25, -0.2) is 0 Å². The van der Waals surface area contributed by atoms with E-state index in [9.17, 15) is 14.7 Å². The quantitative estimate of drug-likeness (QED) is 0.600. The van der Waals surface area contributed by atoms with Gasteiger partial charge in [-0.2, -0.15) is 0 Å². The molecule has 22 heavy (non-hydrogen) atoms. The Morgan fingerprint density at radius 3 is 2.27 bits per heavy atom. The normalized spacial score (nSPS) is 22.9. The summed E-state index contributed by atoms with van der Waals surface area (Å²) in [5, 5.41) is 13.6. The summed E-state index contributed by atoms with van der Waals surface area (Å²) >= 11 is 0. The molecule has 0 spiro atoms. The first-order valence-corrected chi connectivity index (χ1v) is 8.73. The largest absolute Gasteiger partial charge is 0.389 e. The van der Waals surface area contributed by atoms with E-state index in [1.807, 2.05) is 13.8 Å². The van der Waals surface area contributed by atoms with Crippen LogP contribution in [0.5, 0.6) is 0 Å². The Morgan fingerprint density at radius 2 is 1.73 bits per heavy atom. The van der Waals surface area contributed by atoms with Crippen LogP contribution in [-0.2, 0) is 9.59 Å². The number of hydrogen-bond acceptors (Lipinski definition) is 3. The van der Waals surface area contributed by atoms with Crippen LogP contribution in [-0.4, -0.2) is 28.6 Å². The average Bonchev–Trinajstić information content (AvgIpc) is 2.64. The summed E-state index contributed by atoms with van der Waals surface area (Å²) in [6.45, 7) is 4.01. The second kappa shape index (κ2) is 9.13. The standard InChI is InChI=1S/C17H32N2O3/c1-3-10-17(22,11-4-2)12-15(20)19-14-9-7-5-6-8-13(14)16(18)21/h13-14,22H,3-12H2,1-2H3,(H2,18,21)(H,19,20). The van der Waals surface area contributed by atoms with Crippen LogP contribution in [0.25, 0.3) is 0 Å². The Hall–Kier alpha value is -1.10. The van der Waals surface area contributed by atoms with Crippen LogP contribution < -0.4 is 11.1 Å². The molecule has 0 heterocycles. The van der Waals surface area contributed by atoms with Crippen LogP contribution >= 0.6 is 0 Å². The maximum Gasteiger partial charge on any atom is 0.223 e. The number of carbonyl (C=O) groups excluding carboxylic acids is 2. The van der Waals surface area contributed by atoms with Gasteiger partial charge in [0.2, 0.25) is 11.8 Å². The van der Waals surface area contributed by atoms with Crippen LogP contribution in [0.15, 0.2) is 0 Å². The highest BCUT2D eigenvalue weighted by Gasteiger charge is 2.32. The molecule has 0 radical (unpaired) electrons. The number of hydrogen-bond donors (Lipinski definition) is 3. The van der Waals surface area contributed by atoms with Gasteiger partial charge in [-0.3, -0.25) is 9.59 Å². The Balaban J connectivity index is 2.65. The third-order valence-corrected chi connectivity index (χ3v) is 4.65. The number of nitrogens with one attached hydrogen (secondary N) is 1. The number of primary amides is 1. The molecule has 0 aromatic carbocycles. The topological polar surface area (TPSA) is 92.4 Å². The highest BCUT2D eigenvalue weighted by Crippen LogP contribution is 2.26. The van der Waals surface area contributed by atoms with Gasteiger partial charge >= 0.3 is 0 Å². The molecule has 0 saturated heterocycles. The lowest BCUT2D eigenvalue weighted by atomic mass is 9.88. The summed E-state index contributed by atoms with van der Waals surface area (Å²) in [5.41, 5.74) is 4.56. The zero-order chi connectivity index (χ0) is 16.6. The van der Waals surface area contributed by atoms with Gasteiger partial charge in [0.15, 0.2) is 0 Å². The molecule has 2 amide bonds. The fourth-order valence-corrected chi connectivity index (χ4v) is 3.61. The molecule has 1 fully saturated rings. The van der Waals surface area contributed by atoms with Crippen molar-refractivity contribution in [3.63, 3.8) is 0 Å². The van der Waals surface area contributed by atoms with Crippen molar-refractivity contribution in [3.8, 4) is 0 Å². The van der Waals surface area contributed by atoms with Gasteiger partial charge in [-0.1, -0.05) is 46.0 Å². The van der Waals surface area contributed by atoms with Crippen LogP contribution in [0.1, 0.15) is 78.1 Å². The van der Waals surface area contributed by atoms with Crippen LogP contribution in [0.4, 0.5) is 0 Å². The predicted molar refractivity (Wildman–Crippen MR) is 87.1 cm³/mol. The van der Waals surface area contributed by atoms with Gasteiger partial charge in [0, 0.05) is 6.04 Å². The van der Waals surface area contributed by atoms with Gasteiger partial charge in [0.25, 0.3) is 0 Å². The smallest absolute Gasteiger partial charge is 0.223 e. The summed E-state index contributed by atoms with van der Waals surface area (Å²) in [6, 6.07) is -0.181. The van der Waals surface area contributed by atoms with Gasteiger partial charge in [0.1, 0.15) is 0 Å². The number of aliphatic hydroxyl groups is 1. The third-order valence-electron chi connectivity index (χ3n) is 4.65. The molecule has 0 aromatic heterocycles. The van der Waals surface area contributed by atoms with Gasteiger partial charge in [-0.05, 0) is 25.7 Å². The number of rotatable bonds is 8. The Morgan fingerprint density at radius 1 is 1.14 bits per heavy atom. The lowest BCUT2D eigenvalue weighted by molar-refractivity contribution is -0.129. The molecule has 5 nitrogen and oxygen atoms in total. The van der Waals surface area contributed by atoms with Gasteiger partial charge < -0.3 is 16.2 Å². The second-order valence-electron chi connectivity index (χ2n) is 6.72. The first kappa shape index (κ1) is 18.9. The molecule has 0 aromatic rings. The highest BCUT2D eigenvalue weighted by atomic mass is 16.3. The molecule has 1 rings (SSSR count). The number of carbonyl (C=O) groups is 2. The van der Waals surface area contributed by atoms with Crippen LogP contribution in [0.3, 0.4) is 0 Å². The molecule has 1 aliphatic rings. The fourth-order valence-electron chi connectivity index (χ4n) is 3.61. The summed E-state index contributed by atoms with van der Waals surface area (Å²) in [5.74, 6) is -0.774. The van der Waals surface area contributed by atoms with Crippen LogP contribution in [0.2, 0.25) is 0 Å². The Bertz CT molecular complexity index is 365. The number of amides is 2. The monoisotopic (exact) mass is 312 g/mol. The zero-order valence-electron chi connectivity index (χ0n) is 14.1. The lowest BCUT2D eigenvalue weighted by Crippen LogP contribution is -2.47. The minimum atomic E-state index is -0.930. The van der Waals surface area contributed by atoms with Crippen molar-refractivity contribution in [2.24, 2.45) is 11.7 Å². The molecule has 2 unspecified atom stereocenters. The molecular weight excluding hydrogens is 280 g/mol. The molecule has 5 heteroatoms. The fraction of sp³-hybridized carbons (Fsp3) is 0.882. The van der Waals surface area contributed by atoms with E-state index in [2.05, 4.69) is 5.32 Å². The molecule has 128 valence electrons. The van der Waals surface area contributed by atoms with Crippen molar-refractivity contribution in [2.75, 3.05) is 0 Å². The van der Waals surface area contributed by atoms with E-state index >= 15 is 0 Å². The first-order valence-electron chi connectivity index (χ1n) is 8.73. The van der Waals surface area contributed by atoms with Gasteiger partial charge in [-0.15, -0.1) is 0 Å². The molecule has 1 aliphatic carbocycles. The minimum Gasteiger partial charge on any atom is -0.389 e. The van der Waals surface area contributed by atoms with Crippen LogP contribution in [0, 0.1) is 5.92 Å². The maximum atomic E-state index is 12.3. The zero-order valence-corrected chi connectivity index (χ0v) is 14.1. The summed E-state index contributed by atoms with van der Waals surface area (Å²) in [7, 11) is 0. The van der Waals surface area contributed by atoms with Gasteiger partial charge in [0.05, 0.1) is 17.9 Å². The third kappa shape index (κ3) is 5.95. The van der Waals surface area contributed by atoms with E-state index in [1.165, 1.54) is 0 Å². The minimum absolute atomic E-state index is 0.108. The molecule has 0 bridgehead atoms. The maximum absolute atomic E-state index is 12.3. The van der Waals surface area contributed by atoms with E-state index in [4.69, 9.17) is 5.73 Å². The molecule has 0 aliphatic heterocycles. The van der Waals surface area contributed by atoms with Crippen molar-refractivity contribution >= 4 is 11.8 Å². The summed E-state index contributed by atoms with van der Waals surface area (Å²) in [6.07, 6.45) is 7.64. The summed E-state index contributed by atoms with van der Waals surface area (Å²) < 4.78 is 0. The van der Waals surface area contributed by atoms with E-state index < -0.39 is 5.60 Å². The van der Waals surface area contributed by atoms with Crippen molar-refractivity contribution in [1.29, 1.82) is 0 Å². The van der Waals surface area contributed by atoms with Crippen molar-refractivity contribution in [2.45, 2.75) is 89.7 Å². The SMILES string of the molecule is CCCC(O)(CCC)CC(=O)NC1CCCCCC1C(N)=O. The predicted octanol–water partition coefficient (Wildman–Crippen LogP) is 2.26. The Kier molecular flexibility index (Phi) is 7.87. The summed E-state index contributed by atoms with van der Waals surface area (Å²) in [4.78, 5) is 23.9. The van der Waals surface area contributed by atoms with Crippen molar-refractivity contribution in [3.05, 3.63) is 0 Å². The Labute approximate surface area is 134 Å². The van der Waals surface area contributed by atoms with E-state index in [-0.39, 0.29) is 30.2 Å². The number of nitrogens with two attached hydrogens (primary N) is 1.